The van der Waals surface area contributed by atoms with Crippen molar-refractivity contribution in [1.82, 2.24) is 25.2 Å². The van der Waals surface area contributed by atoms with Gasteiger partial charge in [-0.3, -0.25) is 9.59 Å². The number of ether oxygens (including phenoxy) is 1. The smallest absolute Gasteiger partial charge is 0.289 e. The lowest BCUT2D eigenvalue weighted by Gasteiger charge is -2.33. The van der Waals surface area contributed by atoms with Crippen LogP contribution in [0.3, 0.4) is 0 Å². The van der Waals surface area contributed by atoms with Crippen LogP contribution in [0.2, 0.25) is 0 Å². The van der Waals surface area contributed by atoms with Gasteiger partial charge in [0.15, 0.2) is 5.76 Å². The van der Waals surface area contributed by atoms with Crippen LogP contribution in [0.25, 0.3) is 0 Å². The first kappa shape index (κ1) is 19.5. The van der Waals surface area contributed by atoms with Gasteiger partial charge in [0.2, 0.25) is 0 Å². The molecule has 0 saturated carbocycles. The number of benzene rings is 1. The number of carbonyl (C=O) groups excluding carboxylic acids is 2. The molecule has 1 atom stereocenters. The van der Waals surface area contributed by atoms with E-state index in [1.54, 1.807) is 23.1 Å². The van der Waals surface area contributed by atoms with Gasteiger partial charge in [0.1, 0.15) is 11.3 Å². The lowest BCUT2D eigenvalue weighted by Crippen LogP contribution is -2.45. The van der Waals surface area contributed by atoms with Crippen LogP contribution in [0.15, 0.2) is 47.1 Å². The number of aromatic nitrogens is 3. The SMILES string of the molecule is Cc1cccc(C(=O)NCc2nnn3c2COC2(CCN(C(=O)c4ccco4)C2)C3)c1. The Hall–Kier alpha value is -3.46. The lowest BCUT2D eigenvalue weighted by atomic mass is 10.0. The van der Waals surface area contributed by atoms with Crippen molar-refractivity contribution in [2.45, 2.75) is 38.6 Å². The summed E-state index contributed by atoms with van der Waals surface area (Å²) in [4.78, 5) is 26.7. The fraction of sp³-hybridized carbons (Fsp3) is 0.364. The molecule has 2 aromatic heterocycles. The van der Waals surface area contributed by atoms with E-state index in [0.717, 1.165) is 17.7 Å². The van der Waals surface area contributed by atoms with Gasteiger partial charge in [-0.2, -0.15) is 0 Å². The van der Waals surface area contributed by atoms with Crippen molar-refractivity contribution in [3.05, 3.63) is 70.9 Å². The number of furan rings is 1. The highest BCUT2D eigenvalue weighted by molar-refractivity contribution is 5.94. The number of carbonyl (C=O) groups is 2. The molecule has 1 aromatic carbocycles. The number of hydrogen-bond donors (Lipinski definition) is 1. The normalized spacial score (nSPS) is 20.1. The van der Waals surface area contributed by atoms with Gasteiger partial charge in [-0.25, -0.2) is 4.68 Å². The van der Waals surface area contributed by atoms with E-state index >= 15 is 0 Å². The molecular weight excluding hydrogens is 398 g/mol. The van der Waals surface area contributed by atoms with Crippen molar-refractivity contribution in [3.8, 4) is 0 Å². The van der Waals surface area contributed by atoms with E-state index in [0.29, 0.717) is 43.3 Å². The maximum absolute atomic E-state index is 12.6. The van der Waals surface area contributed by atoms with Gasteiger partial charge in [-0.15, -0.1) is 5.10 Å². The molecule has 9 nitrogen and oxygen atoms in total. The number of amides is 2. The van der Waals surface area contributed by atoms with Crippen molar-refractivity contribution in [1.29, 1.82) is 0 Å². The second-order valence-electron chi connectivity index (χ2n) is 8.12. The van der Waals surface area contributed by atoms with E-state index in [2.05, 4.69) is 15.6 Å². The van der Waals surface area contributed by atoms with Crippen molar-refractivity contribution in [3.63, 3.8) is 0 Å². The van der Waals surface area contributed by atoms with Gasteiger partial charge < -0.3 is 19.4 Å². The highest BCUT2D eigenvalue weighted by Gasteiger charge is 2.45. The molecule has 160 valence electrons. The predicted molar refractivity (Wildman–Crippen MR) is 109 cm³/mol. The number of fused-ring (bicyclic) bond motifs is 1. The molecule has 2 aliphatic heterocycles. The molecule has 1 saturated heterocycles. The van der Waals surface area contributed by atoms with Crippen LogP contribution in [0.4, 0.5) is 0 Å². The standard InChI is InChI=1S/C22H23N5O4/c1-15-4-2-5-16(10-15)20(28)23-11-17-18-12-31-22(14-27(18)25-24-17)7-8-26(13-22)21(29)19-6-3-9-30-19/h2-6,9-10H,7-8,11-14H2,1H3,(H,23,28). The van der Waals surface area contributed by atoms with Crippen molar-refractivity contribution < 1.29 is 18.7 Å². The van der Waals surface area contributed by atoms with Gasteiger partial charge in [-0.05, 0) is 37.6 Å². The monoisotopic (exact) mass is 421 g/mol. The molecule has 1 fully saturated rings. The third-order valence-electron chi connectivity index (χ3n) is 5.90. The molecule has 4 heterocycles. The first-order valence-electron chi connectivity index (χ1n) is 10.3. The van der Waals surface area contributed by atoms with Crippen molar-refractivity contribution >= 4 is 11.8 Å². The second-order valence-corrected chi connectivity index (χ2v) is 8.12. The van der Waals surface area contributed by atoms with Gasteiger partial charge >= 0.3 is 0 Å². The quantitative estimate of drug-likeness (QED) is 0.691. The minimum absolute atomic E-state index is 0.130. The van der Waals surface area contributed by atoms with Crippen LogP contribution in [-0.2, 0) is 24.4 Å². The van der Waals surface area contributed by atoms with Gasteiger partial charge in [-0.1, -0.05) is 22.9 Å². The fourth-order valence-electron chi connectivity index (χ4n) is 4.20. The van der Waals surface area contributed by atoms with Crippen molar-refractivity contribution in [2.24, 2.45) is 0 Å². The van der Waals surface area contributed by atoms with E-state index in [9.17, 15) is 9.59 Å². The molecule has 1 N–H and O–H groups in total. The van der Waals surface area contributed by atoms with Gasteiger partial charge in [0, 0.05) is 12.1 Å². The van der Waals surface area contributed by atoms with Crippen LogP contribution in [0.1, 0.15) is 44.3 Å². The van der Waals surface area contributed by atoms with E-state index in [1.807, 2.05) is 29.8 Å². The number of aryl methyl sites for hydroxylation is 1. The predicted octanol–water partition coefficient (Wildman–Crippen LogP) is 1.92. The Morgan fingerprint density at radius 2 is 2.13 bits per heavy atom. The minimum Gasteiger partial charge on any atom is -0.459 e. The van der Waals surface area contributed by atoms with E-state index < -0.39 is 5.60 Å². The maximum Gasteiger partial charge on any atom is 0.289 e. The van der Waals surface area contributed by atoms with Crippen LogP contribution in [-0.4, -0.2) is 50.4 Å². The summed E-state index contributed by atoms with van der Waals surface area (Å²) >= 11 is 0. The maximum atomic E-state index is 12.6. The summed E-state index contributed by atoms with van der Waals surface area (Å²) in [6.07, 6.45) is 2.22. The fourth-order valence-corrected chi connectivity index (χ4v) is 4.20. The average Bonchev–Trinajstić information content (AvgIpc) is 3.52. The number of rotatable bonds is 4. The van der Waals surface area contributed by atoms with E-state index in [4.69, 9.17) is 9.15 Å². The molecule has 5 rings (SSSR count). The first-order valence-corrected chi connectivity index (χ1v) is 10.3. The summed E-state index contributed by atoms with van der Waals surface area (Å²) in [6, 6.07) is 10.8. The summed E-state index contributed by atoms with van der Waals surface area (Å²) in [5.41, 5.74) is 2.71. The molecule has 3 aromatic rings. The summed E-state index contributed by atoms with van der Waals surface area (Å²) in [5, 5.41) is 11.4. The summed E-state index contributed by atoms with van der Waals surface area (Å²) < 4.78 is 13.3. The first-order chi connectivity index (χ1) is 15.0. The third-order valence-corrected chi connectivity index (χ3v) is 5.90. The van der Waals surface area contributed by atoms with Gasteiger partial charge in [0.25, 0.3) is 11.8 Å². The summed E-state index contributed by atoms with van der Waals surface area (Å²) in [5.74, 6) is 0.0527. The molecule has 0 aliphatic carbocycles. The topological polar surface area (TPSA) is 102 Å². The Labute approximate surface area is 179 Å². The Kier molecular flexibility index (Phi) is 4.82. The van der Waals surface area contributed by atoms with Gasteiger partial charge in [0.05, 0.1) is 38.2 Å². The molecule has 0 radical (unpaired) electrons. The largest absolute Gasteiger partial charge is 0.459 e. The number of likely N-dealkylation sites (tertiary alicyclic amines) is 1. The number of hydrogen-bond acceptors (Lipinski definition) is 6. The number of nitrogens with one attached hydrogen (secondary N) is 1. The van der Waals surface area contributed by atoms with Crippen LogP contribution in [0.5, 0.6) is 0 Å². The Bertz CT molecular complexity index is 1120. The molecular formula is C22H23N5O4. The molecule has 1 unspecified atom stereocenters. The molecule has 2 amide bonds. The minimum atomic E-state index is -0.481. The highest BCUT2D eigenvalue weighted by atomic mass is 16.5. The van der Waals surface area contributed by atoms with E-state index in [1.165, 1.54) is 6.26 Å². The average molecular weight is 421 g/mol. The Morgan fingerprint density at radius 1 is 1.23 bits per heavy atom. The second kappa shape index (κ2) is 7.66. The summed E-state index contributed by atoms with van der Waals surface area (Å²) in [6.45, 7) is 4.16. The van der Waals surface area contributed by atoms with Crippen LogP contribution in [0, 0.1) is 6.92 Å². The molecule has 1 spiro atoms. The zero-order valence-corrected chi connectivity index (χ0v) is 17.2. The Morgan fingerprint density at radius 3 is 2.94 bits per heavy atom. The van der Waals surface area contributed by atoms with Crippen LogP contribution < -0.4 is 5.32 Å². The van der Waals surface area contributed by atoms with E-state index in [-0.39, 0.29) is 18.4 Å². The van der Waals surface area contributed by atoms with Crippen molar-refractivity contribution in [2.75, 3.05) is 13.1 Å². The molecule has 0 bridgehead atoms. The number of nitrogens with zero attached hydrogens (tertiary/aromatic N) is 4. The third kappa shape index (κ3) is 3.72. The van der Waals surface area contributed by atoms with Crippen LogP contribution >= 0.6 is 0 Å². The molecule has 31 heavy (non-hydrogen) atoms. The molecule has 9 heteroatoms. The lowest BCUT2D eigenvalue weighted by molar-refractivity contribution is -0.0829. The zero-order chi connectivity index (χ0) is 21.4. The Balaban J connectivity index is 1.23. The molecule has 2 aliphatic rings. The highest BCUT2D eigenvalue weighted by Crippen LogP contribution is 2.33. The zero-order valence-electron chi connectivity index (χ0n) is 17.2. The summed E-state index contributed by atoms with van der Waals surface area (Å²) in [7, 11) is 0.